The van der Waals surface area contributed by atoms with E-state index >= 15 is 0 Å². The van der Waals surface area contributed by atoms with E-state index in [1.54, 1.807) is 12.5 Å². The van der Waals surface area contributed by atoms with Gasteiger partial charge in [0.15, 0.2) is 5.82 Å². The molecule has 9 nitrogen and oxygen atoms in total. The molecule has 1 atom stereocenters. The molecular formula is C17H27N7O2. The van der Waals surface area contributed by atoms with E-state index in [4.69, 9.17) is 0 Å². The molecule has 2 aromatic rings. The fraction of sp³-hybridized carbons (Fsp3) is 0.647. The Kier molecular flexibility index (Phi) is 5.87. The highest BCUT2D eigenvalue weighted by Gasteiger charge is 2.27. The topological polar surface area (TPSA) is 101 Å². The molecule has 2 N–H and O–H groups in total. The molecule has 0 saturated carbocycles. The predicted octanol–water partition coefficient (Wildman–Crippen LogP) is 1.04. The summed E-state index contributed by atoms with van der Waals surface area (Å²) in [7, 11) is 1.88. The smallest absolute Gasteiger partial charge is 0.317 e. The lowest BCUT2D eigenvalue weighted by molar-refractivity contribution is 0.179. The first-order valence-electron chi connectivity index (χ1n) is 9.09. The quantitative estimate of drug-likeness (QED) is 0.801. The van der Waals surface area contributed by atoms with Gasteiger partial charge in [-0.25, -0.2) is 9.78 Å². The molecule has 0 aliphatic carbocycles. The molecule has 26 heavy (non-hydrogen) atoms. The second-order valence-electron chi connectivity index (χ2n) is 6.83. The maximum absolute atomic E-state index is 12.4. The number of aliphatic hydroxyl groups is 1. The van der Waals surface area contributed by atoms with E-state index in [0.717, 1.165) is 25.1 Å². The second-order valence-corrected chi connectivity index (χ2v) is 6.83. The van der Waals surface area contributed by atoms with Gasteiger partial charge in [-0.1, -0.05) is 0 Å². The number of urea groups is 1. The summed E-state index contributed by atoms with van der Waals surface area (Å²) in [6, 6.07) is 0.301. The van der Waals surface area contributed by atoms with E-state index in [-0.39, 0.29) is 18.6 Å². The lowest BCUT2D eigenvalue weighted by Gasteiger charge is -2.31. The van der Waals surface area contributed by atoms with Crippen molar-refractivity contribution in [3.05, 3.63) is 30.4 Å². The van der Waals surface area contributed by atoms with Crippen molar-refractivity contribution < 1.29 is 9.90 Å². The SMILES string of the molecule is CC(CCNC(=O)N1CCC(c2nnc(CO)n2C)CC1)n1ccnc1. The zero-order valence-electron chi connectivity index (χ0n) is 15.4. The van der Waals surface area contributed by atoms with E-state index in [0.29, 0.717) is 31.5 Å². The van der Waals surface area contributed by atoms with Crippen LogP contribution < -0.4 is 5.32 Å². The van der Waals surface area contributed by atoms with Crippen molar-refractivity contribution >= 4 is 6.03 Å². The number of carbonyl (C=O) groups is 1. The molecule has 0 bridgehead atoms. The second kappa shape index (κ2) is 8.31. The van der Waals surface area contributed by atoms with Crippen molar-refractivity contribution in [1.82, 2.24) is 34.5 Å². The van der Waals surface area contributed by atoms with E-state index in [1.807, 2.05) is 27.3 Å². The standard InChI is InChI=1S/C17H27N7O2/c1-13(24-10-7-18-12-24)3-6-19-17(26)23-8-4-14(5-9-23)16-21-20-15(11-25)22(16)2/h7,10,12-14,25H,3-6,8-9,11H2,1-2H3,(H,19,26). The molecule has 2 aromatic heterocycles. The highest BCUT2D eigenvalue weighted by Crippen LogP contribution is 2.26. The molecule has 3 rings (SSSR count). The molecule has 142 valence electrons. The number of aliphatic hydroxyl groups excluding tert-OH is 1. The highest BCUT2D eigenvalue weighted by molar-refractivity contribution is 5.74. The van der Waals surface area contributed by atoms with Crippen LogP contribution in [0.5, 0.6) is 0 Å². The van der Waals surface area contributed by atoms with Gasteiger partial charge in [0, 0.05) is 51.0 Å². The summed E-state index contributed by atoms with van der Waals surface area (Å²) in [5.41, 5.74) is 0. The van der Waals surface area contributed by atoms with Gasteiger partial charge in [-0.2, -0.15) is 0 Å². The van der Waals surface area contributed by atoms with Crippen molar-refractivity contribution in [2.75, 3.05) is 19.6 Å². The Labute approximate surface area is 153 Å². The number of nitrogens with one attached hydrogen (secondary N) is 1. The Hall–Kier alpha value is -2.42. The van der Waals surface area contributed by atoms with Crippen LogP contribution in [0.1, 0.15) is 49.8 Å². The first-order valence-corrected chi connectivity index (χ1v) is 9.09. The summed E-state index contributed by atoms with van der Waals surface area (Å²) in [5.74, 6) is 1.74. The first-order chi connectivity index (χ1) is 12.6. The van der Waals surface area contributed by atoms with Gasteiger partial charge in [0.1, 0.15) is 12.4 Å². The number of hydrogen-bond donors (Lipinski definition) is 2. The molecule has 0 spiro atoms. The predicted molar refractivity (Wildman–Crippen MR) is 95.4 cm³/mol. The van der Waals surface area contributed by atoms with Gasteiger partial charge in [-0.15, -0.1) is 10.2 Å². The molecule has 0 radical (unpaired) electrons. The fourth-order valence-corrected chi connectivity index (χ4v) is 3.39. The van der Waals surface area contributed by atoms with Crippen molar-refractivity contribution in [3.8, 4) is 0 Å². The maximum Gasteiger partial charge on any atom is 0.317 e. The summed E-state index contributed by atoms with van der Waals surface area (Å²) in [4.78, 5) is 18.3. The fourth-order valence-electron chi connectivity index (χ4n) is 3.39. The zero-order chi connectivity index (χ0) is 18.5. The van der Waals surface area contributed by atoms with Crippen LogP contribution in [-0.4, -0.2) is 60.0 Å². The van der Waals surface area contributed by atoms with Crippen molar-refractivity contribution in [2.45, 2.75) is 44.8 Å². The van der Waals surface area contributed by atoms with Gasteiger partial charge < -0.3 is 24.5 Å². The van der Waals surface area contributed by atoms with Crippen LogP contribution in [0.3, 0.4) is 0 Å². The third kappa shape index (κ3) is 4.04. The van der Waals surface area contributed by atoms with Crippen LogP contribution in [-0.2, 0) is 13.7 Å². The number of likely N-dealkylation sites (tertiary alicyclic amines) is 1. The van der Waals surface area contributed by atoms with Crippen LogP contribution in [0, 0.1) is 0 Å². The number of nitrogens with zero attached hydrogens (tertiary/aromatic N) is 6. The molecule has 1 unspecified atom stereocenters. The Morgan fingerprint density at radius 1 is 1.38 bits per heavy atom. The van der Waals surface area contributed by atoms with Crippen molar-refractivity contribution in [1.29, 1.82) is 0 Å². The average molecular weight is 361 g/mol. The minimum Gasteiger partial charge on any atom is -0.388 e. The van der Waals surface area contributed by atoms with E-state index in [2.05, 4.69) is 27.4 Å². The van der Waals surface area contributed by atoms with Gasteiger partial charge in [0.2, 0.25) is 0 Å². The number of imidazole rings is 1. The highest BCUT2D eigenvalue weighted by atomic mass is 16.3. The number of aromatic nitrogens is 5. The van der Waals surface area contributed by atoms with Gasteiger partial charge in [0.05, 0.1) is 6.33 Å². The van der Waals surface area contributed by atoms with E-state index in [1.165, 1.54) is 0 Å². The van der Waals surface area contributed by atoms with Crippen LogP contribution >= 0.6 is 0 Å². The minimum atomic E-state index is -0.109. The zero-order valence-corrected chi connectivity index (χ0v) is 15.4. The third-order valence-corrected chi connectivity index (χ3v) is 5.16. The molecule has 1 saturated heterocycles. The number of rotatable bonds is 6. The third-order valence-electron chi connectivity index (χ3n) is 5.16. The molecule has 2 amide bonds. The lowest BCUT2D eigenvalue weighted by atomic mass is 9.96. The molecule has 9 heteroatoms. The van der Waals surface area contributed by atoms with Gasteiger partial charge in [-0.05, 0) is 26.2 Å². The Bertz CT molecular complexity index is 705. The summed E-state index contributed by atoms with van der Waals surface area (Å²) >= 11 is 0. The van der Waals surface area contributed by atoms with Crippen LogP contribution in [0.15, 0.2) is 18.7 Å². The van der Waals surface area contributed by atoms with Gasteiger partial charge >= 0.3 is 6.03 Å². The Morgan fingerprint density at radius 3 is 2.77 bits per heavy atom. The van der Waals surface area contributed by atoms with Crippen LogP contribution in [0.25, 0.3) is 0 Å². The van der Waals surface area contributed by atoms with Crippen molar-refractivity contribution in [3.63, 3.8) is 0 Å². The Balaban J connectivity index is 1.42. The number of carbonyl (C=O) groups excluding carboxylic acids is 1. The number of piperidine rings is 1. The molecule has 1 aliphatic heterocycles. The summed E-state index contributed by atoms with van der Waals surface area (Å²) in [5, 5.41) is 20.5. The summed E-state index contributed by atoms with van der Waals surface area (Å²) in [6.45, 7) is 4.05. The summed E-state index contributed by atoms with van der Waals surface area (Å²) < 4.78 is 3.90. The monoisotopic (exact) mass is 361 g/mol. The number of amides is 2. The number of hydrogen-bond acceptors (Lipinski definition) is 5. The van der Waals surface area contributed by atoms with Gasteiger partial charge in [0.25, 0.3) is 0 Å². The summed E-state index contributed by atoms with van der Waals surface area (Å²) in [6.07, 6.45) is 8.08. The maximum atomic E-state index is 12.4. The van der Waals surface area contributed by atoms with Crippen molar-refractivity contribution in [2.24, 2.45) is 7.05 Å². The largest absolute Gasteiger partial charge is 0.388 e. The van der Waals surface area contributed by atoms with E-state index in [9.17, 15) is 9.90 Å². The van der Waals surface area contributed by atoms with Gasteiger partial charge in [-0.3, -0.25) is 0 Å². The molecule has 1 fully saturated rings. The molecule has 3 heterocycles. The molecule has 1 aliphatic rings. The molecular weight excluding hydrogens is 334 g/mol. The normalized spacial score (nSPS) is 16.7. The Morgan fingerprint density at radius 2 is 2.15 bits per heavy atom. The van der Waals surface area contributed by atoms with E-state index < -0.39 is 0 Å². The first kappa shape index (κ1) is 18.4. The lowest BCUT2D eigenvalue weighted by Crippen LogP contribution is -2.44. The van der Waals surface area contributed by atoms with Crippen LogP contribution in [0.4, 0.5) is 4.79 Å². The minimum absolute atomic E-state index is 0.00436. The molecule has 0 aromatic carbocycles. The van der Waals surface area contributed by atoms with Crippen LogP contribution in [0.2, 0.25) is 0 Å². The average Bonchev–Trinajstić information content (AvgIpc) is 3.31.